The zero-order chi connectivity index (χ0) is 12.8. The van der Waals surface area contributed by atoms with Crippen molar-refractivity contribution in [1.82, 2.24) is 0 Å². The lowest BCUT2D eigenvalue weighted by Crippen LogP contribution is -1.78. The highest BCUT2D eigenvalue weighted by Crippen LogP contribution is 2.48. The first-order valence-corrected chi connectivity index (χ1v) is 6.71. The molecule has 4 aromatic carbocycles. The summed E-state index contributed by atoms with van der Waals surface area (Å²) in [4.78, 5) is 0. The summed E-state index contributed by atoms with van der Waals surface area (Å²) in [6, 6.07) is 17.3. The first kappa shape index (κ1) is 9.21. The van der Waals surface area contributed by atoms with Crippen LogP contribution in [0.3, 0.4) is 0 Å². The van der Waals surface area contributed by atoms with E-state index in [4.69, 9.17) is 8.83 Å². The zero-order valence-corrected chi connectivity index (χ0v) is 10.4. The molecule has 20 heavy (non-hydrogen) atoms. The van der Waals surface area contributed by atoms with Crippen LogP contribution in [0.1, 0.15) is 0 Å². The molecule has 2 heteroatoms. The topological polar surface area (TPSA) is 26.3 Å². The highest BCUT2D eigenvalue weighted by molar-refractivity contribution is 6.31. The van der Waals surface area contributed by atoms with Gasteiger partial charge < -0.3 is 8.83 Å². The molecule has 0 N–H and O–H groups in total. The van der Waals surface area contributed by atoms with Gasteiger partial charge in [0.25, 0.3) is 0 Å². The summed E-state index contributed by atoms with van der Waals surface area (Å²) in [7, 11) is 0. The van der Waals surface area contributed by atoms with Crippen molar-refractivity contribution in [2.24, 2.45) is 0 Å². The number of hydrogen-bond acceptors (Lipinski definition) is 2. The van der Waals surface area contributed by atoms with E-state index in [-0.39, 0.29) is 0 Å². The molecule has 0 fully saturated rings. The minimum atomic E-state index is 0.938. The molecule has 6 aromatic rings. The first-order valence-electron chi connectivity index (χ1n) is 6.71. The molecule has 2 nitrogen and oxygen atoms in total. The molecule has 0 radical (unpaired) electrons. The minimum Gasteiger partial charge on any atom is -0.445 e. The van der Waals surface area contributed by atoms with Gasteiger partial charge in [0, 0.05) is 10.8 Å². The van der Waals surface area contributed by atoms with Crippen molar-refractivity contribution in [3.05, 3.63) is 48.5 Å². The molecule has 0 unspecified atom stereocenters. The maximum Gasteiger partial charge on any atom is 0.217 e. The van der Waals surface area contributed by atoms with E-state index in [0.29, 0.717) is 0 Å². The van der Waals surface area contributed by atoms with Gasteiger partial charge in [0.2, 0.25) is 11.2 Å². The Kier molecular flexibility index (Phi) is 1.26. The Morgan fingerprint density at radius 3 is 2.20 bits per heavy atom. The predicted molar refractivity (Wildman–Crippen MR) is 80.9 cm³/mol. The molecular formula is C18H8O2. The van der Waals surface area contributed by atoms with E-state index in [1.54, 1.807) is 0 Å². The van der Waals surface area contributed by atoms with E-state index in [2.05, 4.69) is 48.5 Å². The molecule has 0 amide bonds. The summed E-state index contributed by atoms with van der Waals surface area (Å²) in [6.45, 7) is 0. The monoisotopic (exact) mass is 256 g/mol. The van der Waals surface area contributed by atoms with E-state index in [1.165, 1.54) is 32.3 Å². The summed E-state index contributed by atoms with van der Waals surface area (Å²) >= 11 is 0. The lowest BCUT2D eigenvalue weighted by atomic mass is 9.98. The van der Waals surface area contributed by atoms with Crippen LogP contribution in [0.25, 0.3) is 54.6 Å². The van der Waals surface area contributed by atoms with Crippen LogP contribution >= 0.6 is 0 Å². The number of hydrogen-bond donors (Lipinski definition) is 0. The molecular weight excluding hydrogens is 248 g/mol. The van der Waals surface area contributed by atoms with Gasteiger partial charge in [0.05, 0.1) is 0 Å². The zero-order valence-electron chi connectivity index (χ0n) is 10.4. The van der Waals surface area contributed by atoms with E-state index in [0.717, 1.165) is 22.3 Å². The Balaban J connectivity index is 1.95. The maximum atomic E-state index is 5.63. The molecule has 0 saturated heterocycles. The van der Waals surface area contributed by atoms with E-state index < -0.39 is 0 Å². The van der Waals surface area contributed by atoms with Crippen molar-refractivity contribution in [3.8, 4) is 0 Å². The minimum absolute atomic E-state index is 0.938. The van der Waals surface area contributed by atoms with Crippen molar-refractivity contribution in [2.75, 3.05) is 0 Å². The number of rotatable bonds is 0. The van der Waals surface area contributed by atoms with E-state index >= 15 is 0 Å². The van der Waals surface area contributed by atoms with Crippen molar-refractivity contribution in [2.45, 2.75) is 0 Å². The molecule has 2 aromatic heterocycles. The largest absolute Gasteiger partial charge is 0.445 e. The molecule has 0 saturated carbocycles. The highest BCUT2D eigenvalue weighted by atomic mass is 16.4. The summed E-state index contributed by atoms with van der Waals surface area (Å²) in [5.74, 6) is 0. The summed E-state index contributed by atoms with van der Waals surface area (Å²) in [5, 5.41) is 7.37. The third-order valence-corrected chi connectivity index (χ3v) is 4.30. The molecule has 0 aliphatic rings. The average Bonchev–Trinajstić information content (AvgIpc) is 3.35. The van der Waals surface area contributed by atoms with E-state index in [1.807, 2.05) is 0 Å². The van der Waals surface area contributed by atoms with Gasteiger partial charge in [0.15, 0.2) is 11.2 Å². The van der Waals surface area contributed by atoms with Gasteiger partial charge in [-0.3, -0.25) is 0 Å². The Hall–Kier alpha value is -2.74. The quantitative estimate of drug-likeness (QED) is 0.264. The molecule has 92 valence electrons. The predicted octanol–water partition coefficient (Wildman–Crippen LogP) is 5.51. The standard InChI is InChI=1S/C18H8O2/c1-2-4-10-8-13-11(7-9(10)3-1)5-6-12-14(13)16-18(20-16)17-15(12)19-17/h1-8H. The smallest absolute Gasteiger partial charge is 0.217 e. The van der Waals surface area contributed by atoms with Crippen LogP contribution in [0, 0.1) is 0 Å². The summed E-state index contributed by atoms with van der Waals surface area (Å²) in [6.07, 6.45) is 0. The van der Waals surface area contributed by atoms with Gasteiger partial charge in [-0.05, 0) is 39.7 Å². The van der Waals surface area contributed by atoms with Crippen molar-refractivity contribution in [3.63, 3.8) is 0 Å². The van der Waals surface area contributed by atoms with Crippen LogP contribution in [0.5, 0.6) is 0 Å². The van der Waals surface area contributed by atoms with Crippen LogP contribution in [-0.2, 0) is 0 Å². The highest BCUT2D eigenvalue weighted by Gasteiger charge is 2.27. The SMILES string of the molecule is c1ccc2cc3c(ccc4c5oc5c5oc5c34)cc2c1. The first-order chi connectivity index (χ1) is 9.90. The Bertz CT molecular complexity index is 1240. The van der Waals surface area contributed by atoms with Crippen molar-refractivity contribution in [1.29, 1.82) is 0 Å². The lowest BCUT2D eigenvalue weighted by Gasteiger charge is -2.04. The second-order valence-electron chi connectivity index (χ2n) is 5.43. The molecule has 2 heterocycles. The molecule has 6 rings (SSSR count). The Labute approximate surface area is 112 Å². The third kappa shape index (κ3) is 0.946. The van der Waals surface area contributed by atoms with Gasteiger partial charge in [-0.15, -0.1) is 0 Å². The Morgan fingerprint density at radius 1 is 0.550 bits per heavy atom. The second kappa shape index (κ2) is 2.73. The van der Waals surface area contributed by atoms with Crippen LogP contribution in [0.2, 0.25) is 0 Å². The number of fused-ring (bicyclic) bond motifs is 9. The van der Waals surface area contributed by atoms with Crippen LogP contribution in [0.15, 0.2) is 57.4 Å². The lowest BCUT2D eigenvalue weighted by molar-refractivity contribution is 0.734. The normalized spacial score (nSPS) is 13.0. The molecule has 0 aliphatic carbocycles. The molecule has 0 spiro atoms. The maximum absolute atomic E-state index is 5.63. The fourth-order valence-corrected chi connectivity index (χ4v) is 3.24. The van der Waals surface area contributed by atoms with Crippen LogP contribution < -0.4 is 0 Å². The van der Waals surface area contributed by atoms with Gasteiger partial charge in [-0.25, -0.2) is 0 Å². The summed E-state index contributed by atoms with van der Waals surface area (Å²) in [5.41, 5.74) is 3.87. The fraction of sp³-hybridized carbons (Fsp3) is 0. The summed E-state index contributed by atoms with van der Waals surface area (Å²) < 4.78 is 11.2. The van der Waals surface area contributed by atoms with E-state index in [9.17, 15) is 0 Å². The van der Waals surface area contributed by atoms with Gasteiger partial charge >= 0.3 is 0 Å². The van der Waals surface area contributed by atoms with Crippen LogP contribution in [-0.4, -0.2) is 0 Å². The van der Waals surface area contributed by atoms with Gasteiger partial charge in [-0.2, -0.15) is 0 Å². The fourth-order valence-electron chi connectivity index (χ4n) is 3.24. The van der Waals surface area contributed by atoms with Crippen molar-refractivity contribution < 1.29 is 8.83 Å². The average molecular weight is 256 g/mol. The molecule has 0 aliphatic heterocycles. The van der Waals surface area contributed by atoms with Gasteiger partial charge in [-0.1, -0.05) is 30.3 Å². The van der Waals surface area contributed by atoms with Crippen LogP contribution in [0.4, 0.5) is 0 Å². The molecule has 0 atom stereocenters. The second-order valence-corrected chi connectivity index (χ2v) is 5.43. The van der Waals surface area contributed by atoms with Gasteiger partial charge in [0.1, 0.15) is 0 Å². The van der Waals surface area contributed by atoms with Crippen molar-refractivity contribution >= 4 is 54.6 Å². The number of benzene rings is 4. The third-order valence-electron chi connectivity index (χ3n) is 4.30. The molecule has 0 bridgehead atoms. The Morgan fingerprint density at radius 2 is 1.30 bits per heavy atom.